The fourth-order valence-corrected chi connectivity index (χ4v) is 2.76. The summed E-state index contributed by atoms with van der Waals surface area (Å²) in [7, 11) is 0. The van der Waals surface area contributed by atoms with Gasteiger partial charge in [0.1, 0.15) is 11.4 Å². The van der Waals surface area contributed by atoms with Crippen LogP contribution in [0.5, 0.6) is 5.75 Å². The van der Waals surface area contributed by atoms with Gasteiger partial charge in [-0.15, -0.1) is 0 Å². The topological polar surface area (TPSA) is 61.8 Å². The number of rotatable bonds is 4. The van der Waals surface area contributed by atoms with Crippen molar-refractivity contribution in [3.63, 3.8) is 0 Å². The highest BCUT2D eigenvalue weighted by atomic mass is 16.6. The normalized spacial score (nSPS) is 18.3. The lowest BCUT2D eigenvalue weighted by Gasteiger charge is -2.24. The van der Waals surface area contributed by atoms with E-state index in [1.165, 1.54) is 0 Å². The maximum absolute atomic E-state index is 12.0. The first kappa shape index (κ1) is 17.6. The monoisotopic (exact) mass is 320 g/mol. The number of nitrogens with one attached hydrogen (secondary N) is 1. The van der Waals surface area contributed by atoms with Gasteiger partial charge in [0.2, 0.25) is 0 Å². The Morgan fingerprint density at radius 2 is 2.17 bits per heavy atom. The van der Waals surface area contributed by atoms with Gasteiger partial charge in [-0.05, 0) is 45.6 Å². The summed E-state index contributed by atoms with van der Waals surface area (Å²) in [6.45, 7) is 10.5. The van der Waals surface area contributed by atoms with Crippen LogP contribution in [0.4, 0.5) is 4.79 Å². The number of phenolic OH excluding ortho intramolecular Hbond substituents is 1. The molecule has 1 fully saturated rings. The zero-order chi connectivity index (χ0) is 17.0. The van der Waals surface area contributed by atoms with Crippen molar-refractivity contribution in [2.75, 3.05) is 19.6 Å². The standard InChI is InChI=1S/C18H28N2O3/c1-13-6-5-7-15(16(13)21)11-19-10-14-8-9-20(12-14)17(22)23-18(2,3)4/h5-7,14,19,21H,8-12H2,1-4H3. The molecule has 128 valence electrons. The van der Waals surface area contributed by atoms with E-state index in [1.807, 2.05) is 45.9 Å². The molecule has 0 saturated carbocycles. The number of hydrogen-bond donors (Lipinski definition) is 2. The summed E-state index contributed by atoms with van der Waals surface area (Å²) in [5.41, 5.74) is 1.35. The van der Waals surface area contributed by atoms with Gasteiger partial charge in [-0.1, -0.05) is 18.2 Å². The summed E-state index contributed by atoms with van der Waals surface area (Å²) in [4.78, 5) is 13.8. The van der Waals surface area contributed by atoms with Crippen molar-refractivity contribution in [2.45, 2.75) is 46.3 Å². The second-order valence-electron chi connectivity index (χ2n) is 7.29. The van der Waals surface area contributed by atoms with E-state index in [4.69, 9.17) is 4.74 Å². The maximum atomic E-state index is 12.0. The summed E-state index contributed by atoms with van der Waals surface area (Å²) in [6.07, 6.45) is 0.753. The van der Waals surface area contributed by atoms with Crippen LogP contribution in [-0.4, -0.2) is 41.3 Å². The molecule has 0 aromatic heterocycles. The van der Waals surface area contributed by atoms with E-state index < -0.39 is 5.60 Å². The predicted molar refractivity (Wildman–Crippen MR) is 90.5 cm³/mol. The quantitative estimate of drug-likeness (QED) is 0.895. The molecule has 1 aromatic carbocycles. The molecule has 23 heavy (non-hydrogen) atoms. The van der Waals surface area contributed by atoms with Gasteiger partial charge in [0.15, 0.2) is 0 Å². The molecular weight excluding hydrogens is 292 g/mol. The van der Waals surface area contributed by atoms with Crippen LogP contribution in [0.2, 0.25) is 0 Å². The molecular formula is C18H28N2O3. The molecule has 1 unspecified atom stereocenters. The third kappa shape index (κ3) is 5.13. The number of likely N-dealkylation sites (tertiary alicyclic amines) is 1. The number of aryl methyl sites for hydroxylation is 1. The van der Waals surface area contributed by atoms with E-state index in [1.54, 1.807) is 4.90 Å². The first-order valence-electron chi connectivity index (χ1n) is 8.22. The fraction of sp³-hybridized carbons (Fsp3) is 0.611. The molecule has 0 bridgehead atoms. The van der Waals surface area contributed by atoms with E-state index in [-0.39, 0.29) is 6.09 Å². The molecule has 5 nitrogen and oxygen atoms in total. The molecule has 1 atom stereocenters. The van der Waals surface area contributed by atoms with E-state index >= 15 is 0 Å². The molecule has 0 aliphatic carbocycles. The van der Waals surface area contributed by atoms with E-state index in [0.717, 1.165) is 37.2 Å². The number of carbonyl (C=O) groups excluding carboxylic acids is 1. The van der Waals surface area contributed by atoms with Gasteiger partial charge in [-0.3, -0.25) is 0 Å². The van der Waals surface area contributed by atoms with Crippen LogP contribution in [0.25, 0.3) is 0 Å². The van der Waals surface area contributed by atoms with Gasteiger partial charge in [0.25, 0.3) is 0 Å². The number of ether oxygens (including phenoxy) is 1. The van der Waals surface area contributed by atoms with E-state index in [0.29, 0.717) is 18.2 Å². The number of nitrogens with zero attached hydrogens (tertiary/aromatic N) is 1. The molecule has 1 saturated heterocycles. The first-order valence-corrected chi connectivity index (χ1v) is 8.22. The van der Waals surface area contributed by atoms with Gasteiger partial charge in [0, 0.05) is 31.7 Å². The van der Waals surface area contributed by atoms with Gasteiger partial charge in [-0.2, -0.15) is 0 Å². The number of carbonyl (C=O) groups is 1. The van der Waals surface area contributed by atoms with Crippen molar-refractivity contribution in [1.29, 1.82) is 0 Å². The summed E-state index contributed by atoms with van der Waals surface area (Å²) in [6, 6.07) is 5.78. The van der Waals surface area contributed by atoms with Crippen LogP contribution in [0.15, 0.2) is 18.2 Å². The highest BCUT2D eigenvalue weighted by molar-refractivity contribution is 5.68. The van der Waals surface area contributed by atoms with Gasteiger partial charge >= 0.3 is 6.09 Å². The third-order valence-electron chi connectivity index (χ3n) is 4.01. The Morgan fingerprint density at radius 3 is 2.87 bits per heavy atom. The van der Waals surface area contributed by atoms with Crippen LogP contribution in [-0.2, 0) is 11.3 Å². The Balaban J connectivity index is 1.76. The molecule has 0 radical (unpaired) electrons. The number of hydrogen-bond acceptors (Lipinski definition) is 4. The number of aromatic hydroxyl groups is 1. The number of phenols is 1. The van der Waals surface area contributed by atoms with Crippen LogP contribution >= 0.6 is 0 Å². The Labute approximate surface area is 138 Å². The Morgan fingerprint density at radius 1 is 1.43 bits per heavy atom. The lowest BCUT2D eigenvalue weighted by atomic mass is 10.1. The molecule has 1 aliphatic rings. The SMILES string of the molecule is Cc1cccc(CNCC2CCN(C(=O)OC(C)(C)C)C2)c1O. The van der Waals surface area contributed by atoms with Gasteiger partial charge < -0.3 is 20.1 Å². The van der Waals surface area contributed by atoms with Crippen molar-refractivity contribution in [3.8, 4) is 5.75 Å². The zero-order valence-electron chi connectivity index (χ0n) is 14.6. The minimum atomic E-state index is -0.448. The Bertz CT molecular complexity index is 552. The van der Waals surface area contributed by atoms with Crippen molar-refractivity contribution < 1.29 is 14.6 Å². The largest absolute Gasteiger partial charge is 0.507 e. The van der Waals surface area contributed by atoms with Gasteiger partial charge in [-0.25, -0.2) is 4.79 Å². The fourth-order valence-electron chi connectivity index (χ4n) is 2.76. The summed E-state index contributed by atoms with van der Waals surface area (Å²) in [5.74, 6) is 0.788. The minimum absolute atomic E-state index is 0.226. The summed E-state index contributed by atoms with van der Waals surface area (Å²) >= 11 is 0. The highest BCUT2D eigenvalue weighted by Gasteiger charge is 2.29. The molecule has 1 aromatic rings. The smallest absolute Gasteiger partial charge is 0.410 e. The average Bonchev–Trinajstić information content (AvgIpc) is 2.91. The van der Waals surface area contributed by atoms with Crippen molar-refractivity contribution in [1.82, 2.24) is 10.2 Å². The number of para-hydroxylation sites is 1. The highest BCUT2D eigenvalue weighted by Crippen LogP contribution is 2.22. The van der Waals surface area contributed by atoms with Crippen LogP contribution < -0.4 is 5.32 Å². The van der Waals surface area contributed by atoms with Crippen LogP contribution in [0, 0.1) is 12.8 Å². The van der Waals surface area contributed by atoms with E-state index in [9.17, 15) is 9.90 Å². The van der Waals surface area contributed by atoms with Crippen LogP contribution in [0.3, 0.4) is 0 Å². The second kappa shape index (κ2) is 7.21. The zero-order valence-corrected chi connectivity index (χ0v) is 14.6. The molecule has 1 amide bonds. The third-order valence-corrected chi connectivity index (χ3v) is 4.01. The maximum Gasteiger partial charge on any atom is 0.410 e. The lowest BCUT2D eigenvalue weighted by Crippen LogP contribution is -2.36. The second-order valence-corrected chi connectivity index (χ2v) is 7.29. The van der Waals surface area contributed by atoms with E-state index in [2.05, 4.69) is 5.32 Å². The van der Waals surface area contributed by atoms with Crippen LogP contribution in [0.1, 0.15) is 38.3 Å². The number of benzene rings is 1. The van der Waals surface area contributed by atoms with Gasteiger partial charge in [0.05, 0.1) is 0 Å². The summed E-state index contributed by atoms with van der Waals surface area (Å²) < 4.78 is 5.41. The Kier molecular flexibility index (Phi) is 5.52. The predicted octanol–water partition coefficient (Wildman–Crippen LogP) is 3.05. The van der Waals surface area contributed by atoms with Crippen molar-refractivity contribution >= 4 is 6.09 Å². The lowest BCUT2D eigenvalue weighted by molar-refractivity contribution is 0.0288. The summed E-state index contributed by atoms with van der Waals surface area (Å²) in [5, 5.41) is 13.4. The molecule has 1 heterocycles. The molecule has 2 N–H and O–H groups in total. The van der Waals surface area contributed by atoms with Crippen molar-refractivity contribution in [2.24, 2.45) is 5.92 Å². The number of amides is 1. The molecule has 1 aliphatic heterocycles. The Hall–Kier alpha value is -1.75. The minimum Gasteiger partial charge on any atom is -0.507 e. The molecule has 2 rings (SSSR count). The molecule has 0 spiro atoms. The average molecular weight is 320 g/mol. The van der Waals surface area contributed by atoms with Crippen molar-refractivity contribution in [3.05, 3.63) is 29.3 Å². The molecule has 5 heteroatoms. The first-order chi connectivity index (χ1) is 10.8.